The molecule has 3 aliphatic rings. The molecule has 7 atom stereocenters. The molecular weight excluding hydrogens is 304 g/mol. The van der Waals surface area contributed by atoms with Crippen LogP contribution in [0.5, 0.6) is 0 Å². The first kappa shape index (κ1) is 17.9. The first-order valence-corrected chi connectivity index (χ1v) is 9.44. The summed E-state index contributed by atoms with van der Waals surface area (Å²) in [6.07, 6.45) is 5.49. The standard InChI is InChI=1S/C20H32O4/c1-12-4-5-15-17(18(23)24)16(7-9-19(12,15)2)20(3)8-6-14(22)10-13(20)11-21/h13-17,21-22H,1,4-11H2,2-3H3,(H,23,24)/t13-,14-,15-,16-,17-,19+,20+/m0/s1. The smallest absolute Gasteiger partial charge is 0.307 e. The van der Waals surface area contributed by atoms with E-state index in [-0.39, 0.29) is 47.2 Å². The van der Waals surface area contributed by atoms with Crippen LogP contribution in [0.1, 0.15) is 58.8 Å². The Morgan fingerprint density at radius 1 is 1.21 bits per heavy atom. The first-order valence-electron chi connectivity index (χ1n) is 9.44. The van der Waals surface area contributed by atoms with E-state index in [1.165, 1.54) is 5.57 Å². The number of hydrogen-bond acceptors (Lipinski definition) is 3. The van der Waals surface area contributed by atoms with Crippen LogP contribution in [0.15, 0.2) is 12.2 Å². The number of aliphatic hydroxyl groups excluding tert-OH is 2. The van der Waals surface area contributed by atoms with Crippen LogP contribution in [0.4, 0.5) is 0 Å². The van der Waals surface area contributed by atoms with E-state index in [2.05, 4.69) is 20.4 Å². The number of carbonyl (C=O) groups is 1. The van der Waals surface area contributed by atoms with Gasteiger partial charge >= 0.3 is 5.97 Å². The summed E-state index contributed by atoms with van der Waals surface area (Å²) in [7, 11) is 0. The van der Waals surface area contributed by atoms with Crippen molar-refractivity contribution in [2.24, 2.45) is 34.5 Å². The predicted octanol–water partition coefficient (Wildman–Crippen LogP) is 3.23. The fourth-order valence-electron chi connectivity index (χ4n) is 6.30. The molecule has 4 nitrogen and oxygen atoms in total. The van der Waals surface area contributed by atoms with Gasteiger partial charge in [-0.1, -0.05) is 26.0 Å². The molecule has 0 aliphatic heterocycles. The Hall–Kier alpha value is -0.870. The molecule has 0 radical (unpaired) electrons. The normalized spacial score (nSPS) is 49.0. The zero-order valence-corrected chi connectivity index (χ0v) is 15.0. The number of allylic oxidation sites excluding steroid dienone is 1. The second-order valence-electron chi connectivity index (χ2n) is 8.99. The van der Waals surface area contributed by atoms with E-state index in [9.17, 15) is 20.1 Å². The van der Waals surface area contributed by atoms with Crippen LogP contribution in [-0.4, -0.2) is 34.0 Å². The SMILES string of the molecule is C=C1CC[C@H]2[C@H](C(=O)O)[C@@H]([C@]3(C)CC[C@H](O)C[C@H]3CO)CC[C@]12C. The molecule has 0 aromatic rings. The van der Waals surface area contributed by atoms with Gasteiger partial charge in [0, 0.05) is 6.61 Å². The van der Waals surface area contributed by atoms with Gasteiger partial charge in [-0.25, -0.2) is 0 Å². The van der Waals surface area contributed by atoms with Crippen molar-refractivity contribution in [3.8, 4) is 0 Å². The monoisotopic (exact) mass is 336 g/mol. The Bertz CT molecular complexity index is 530. The van der Waals surface area contributed by atoms with Gasteiger partial charge in [0.25, 0.3) is 0 Å². The molecule has 3 saturated carbocycles. The summed E-state index contributed by atoms with van der Waals surface area (Å²) in [4.78, 5) is 12.3. The molecule has 3 N–H and O–H groups in total. The minimum Gasteiger partial charge on any atom is -0.481 e. The molecule has 0 saturated heterocycles. The summed E-state index contributed by atoms with van der Waals surface area (Å²) < 4.78 is 0. The van der Waals surface area contributed by atoms with Gasteiger partial charge in [0.1, 0.15) is 0 Å². The molecule has 3 fully saturated rings. The zero-order chi connectivity index (χ0) is 17.7. The molecule has 0 aromatic carbocycles. The Morgan fingerprint density at radius 3 is 2.54 bits per heavy atom. The van der Waals surface area contributed by atoms with E-state index >= 15 is 0 Å². The van der Waals surface area contributed by atoms with Gasteiger partial charge in [-0.15, -0.1) is 0 Å². The number of carboxylic acids is 1. The molecule has 4 heteroatoms. The number of aliphatic carboxylic acids is 1. The Morgan fingerprint density at radius 2 is 1.92 bits per heavy atom. The number of fused-ring (bicyclic) bond motifs is 1. The van der Waals surface area contributed by atoms with Crippen molar-refractivity contribution in [2.75, 3.05) is 6.61 Å². The molecule has 0 aromatic heterocycles. The van der Waals surface area contributed by atoms with E-state index in [4.69, 9.17) is 0 Å². The highest BCUT2D eigenvalue weighted by atomic mass is 16.4. The molecule has 3 aliphatic carbocycles. The average Bonchev–Trinajstić information content (AvgIpc) is 2.84. The number of aliphatic hydroxyl groups is 2. The second kappa shape index (κ2) is 6.14. The van der Waals surface area contributed by atoms with Gasteiger partial charge < -0.3 is 15.3 Å². The van der Waals surface area contributed by atoms with Crippen LogP contribution in [0.3, 0.4) is 0 Å². The van der Waals surface area contributed by atoms with Gasteiger partial charge in [0.2, 0.25) is 0 Å². The summed E-state index contributed by atoms with van der Waals surface area (Å²) in [5.74, 6) is -0.832. The largest absolute Gasteiger partial charge is 0.481 e. The second-order valence-corrected chi connectivity index (χ2v) is 8.99. The van der Waals surface area contributed by atoms with Gasteiger partial charge in [-0.2, -0.15) is 0 Å². The van der Waals surface area contributed by atoms with E-state index in [0.717, 1.165) is 32.1 Å². The number of rotatable bonds is 3. The molecule has 0 heterocycles. The van der Waals surface area contributed by atoms with Gasteiger partial charge in [-0.3, -0.25) is 4.79 Å². The lowest BCUT2D eigenvalue weighted by molar-refractivity contribution is -0.160. The molecule has 0 spiro atoms. The van der Waals surface area contributed by atoms with E-state index in [0.29, 0.717) is 12.8 Å². The van der Waals surface area contributed by atoms with E-state index in [1.54, 1.807) is 0 Å². The lowest BCUT2D eigenvalue weighted by Gasteiger charge is -2.55. The summed E-state index contributed by atoms with van der Waals surface area (Å²) in [6, 6.07) is 0. The fraction of sp³-hybridized carbons (Fsp3) is 0.850. The molecule has 136 valence electrons. The highest BCUT2D eigenvalue weighted by Crippen LogP contribution is 2.63. The van der Waals surface area contributed by atoms with Crippen LogP contribution in [0.25, 0.3) is 0 Å². The maximum absolute atomic E-state index is 12.3. The fourth-order valence-corrected chi connectivity index (χ4v) is 6.30. The van der Waals surface area contributed by atoms with Crippen molar-refractivity contribution in [3.63, 3.8) is 0 Å². The Labute approximate surface area is 145 Å². The third kappa shape index (κ3) is 2.53. The Kier molecular flexibility index (Phi) is 4.59. The van der Waals surface area contributed by atoms with Crippen LogP contribution >= 0.6 is 0 Å². The van der Waals surface area contributed by atoms with Crippen molar-refractivity contribution >= 4 is 5.97 Å². The molecule has 3 rings (SSSR count). The van der Waals surface area contributed by atoms with Crippen molar-refractivity contribution in [1.82, 2.24) is 0 Å². The molecule has 0 unspecified atom stereocenters. The van der Waals surface area contributed by atoms with Gasteiger partial charge in [-0.05, 0) is 73.5 Å². The highest BCUT2D eigenvalue weighted by Gasteiger charge is 2.58. The summed E-state index contributed by atoms with van der Waals surface area (Å²) >= 11 is 0. The summed E-state index contributed by atoms with van der Waals surface area (Å²) in [5.41, 5.74) is 0.973. The number of carboxylic acid groups (broad SMARTS) is 1. The minimum absolute atomic E-state index is 0.0120. The maximum atomic E-state index is 12.3. The van der Waals surface area contributed by atoms with Crippen LogP contribution < -0.4 is 0 Å². The third-order valence-corrected chi connectivity index (χ3v) is 8.08. The van der Waals surface area contributed by atoms with E-state index in [1.807, 2.05) is 0 Å². The maximum Gasteiger partial charge on any atom is 0.307 e. The topological polar surface area (TPSA) is 77.8 Å². The van der Waals surface area contributed by atoms with Crippen LogP contribution in [0, 0.1) is 34.5 Å². The molecule has 0 amide bonds. The number of hydrogen-bond donors (Lipinski definition) is 3. The predicted molar refractivity (Wildman–Crippen MR) is 92.4 cm³/mol. The quantitative estimate of drug-likeness (QED) is 0.692. The minimum atomic E-state index is -0.685. The molecular formula is C20H32O4. The summed E-state index contributed by atoms with van der Waals surface area (Å²) in [6.45, 7) is 8.63. The highest BCUT2D eigenvalue weighted by molar-refractivity contribution is 5.71. The van der Waals surface area contributed by atoms with Crippen LogP contribution in [0.2, 0.25) is 0 Å². The summed E-state index contributed by atoms with van der Waals surface area (Å²) in [5, 5.41) is 30.0. The zero-order valence-electron chi connectivity index (χ0n) is 15.0. The van der Waals surface area contributed by atoms with Crippen molar-refractivity contribution in [2.45, 2.75) is 64.9 Å². The average molecular weight is 336 g/mol. The lowest BCUT2D eigenvalue weighted by atomic mass is 9.49. The van der Waals surface area contributed by atoms with E-state index < -0.39 is 5.97 Å². The lowest BCUT2D eigenvalue weighted by Crippen LogP contribution is -2.53. The third-order valence-electron chi connectivity index (χ3n) is 8.08. The van der Waals surface area contributed by atoms with Crippen molar-refractivity contribution in [1.29, 1.82) is 0 Å². The van der Waals surface area contributed by atoms with Crippen LogP contribution in [-0.2, 0) is 4.79 Å². The van der Waals surface area contributed by atoms with Crippen molar-refractivity contribution < 1.29 is 20.1 Å². The van der Waals surface area contributed by atoms with Gasteiger partial charge in [0.05, 0.1) is 12.0 Å². The van der Waals surface area contributed by atoms with Crippen molar-refractivity contribution in [3.05, 3.63) is 12.2 Å². The Balaban J connectivity index is 1.95. The first-order chi connectivity index (χ1) is 11.2. The molecule has 24 heavy (non-hydrogen) atoms. The molecule has 0 bridgehead atoms. The van der Waals surface area contributed by atoms with Gasteiger partial charge in [0.15, 0.2) is 0 Å².